The van der Waals surface area contributed by atoms with Crippen LogP contribution in [0, 0.1) is 5.92 Å². The van der Waals surface area contributed by atoms with Gasteiger partial charge in [-0.3, -0.25) is 4.79 Å². The maximum Gasteiger partial charge on any atom is 0.237 e. The molecule has 2 atom stereocenters. The number of hydrogen-bond acceptors (Lipinski definition) is 8. The summed E-state index contributed by atoms with van der Waals surface area (Å²) < 4.78 is 6.88. The van der Waals surface area contributed by atoms with Gasteiger partial charge in [0.05, 0.1) is 25.0 Å². The molecule has 0 aliphatic heterocycles. The SMILES string of the molecule is CNc1cc(Nc2cccnc2OC)nc2c(C(=O)C[C@@H]3CCC[C@H]3O)cnn12. The number of ether oxygens (including phenoxy) is 1. The highest BCUT2D eigenvalue weighted by Gasteiger charge is 2.29. The molecule has 9 nitrogen and oxygen atoms in total. The van der Waals surface area contributed by atoms with E-state index in [0.717, 1.165) is 19.3 Å². The molecule has 9 heteroatoms. The fourth-order valence-electron chi connectivity index (χ4n) is 3.79. The van der Waals surface area contributed by atoms with E-state index < -0.39 is 6.10 Å². The maximum atomic E-state index is 12.9. The number of ketones is 1. The fourth-order valence-corrected chi connectivity index (χ4v) is 3.79. The second-order valence-electron chi connectivity index (χ2n) is 7.14. The lowest BCUT2D eigenvalue weighted by molar-refractivity contribution is 0.0869. The van der Waals surface area contributed by atoms with E-state index in [1.165, 1.54) is 0 Å². The van der Waals surface area contributed by atoms with Gasteiger partial charge < -0.3 is 20.5 Å². The minimum atomic E-state index is -0.406. The predicted octanol–water partition coefficient (Wildman–Crippen LogP) is 2.65. The number of rotatable bonds is 7. The van der Waals surface area contributed by atoms with Crippen LogP contribution in [0.4, 0.5) is 17.3 Å². The Kier molecular flexibility index (Phi) is 5.30. The maximum absolute atomic E-state index is 12.9. The Hall–Kier alpha value is -3.20. The van der Waals surface area contributed by atoms with E-state index in [9.17, 15) is 9.90 Å². The highest BCUT2D eigenvalue weighted by Crippen LogP contribution is 2.31. The van der Waals surface area contributed by atoms with Crippen molar-refractivity contribution in [1.82, 2.24) is 19.6 Å². The molecule has 0 aromatic carbocycles. The van der Waals surface area contributed by atoms with Crippen LogP contribution in [0.5, 0.6) is 5.88 Å². The van der Waals surface area contributed by atoms with Crippen LogP contribution < -0.4 is 15.4 Å². The van der Waals surface area contributed by atoms with Crippen molar-refractivity contribution >= 4 is 28.8 Å². The van der Waals surface area contributed by atoms with Crippen molar-refractivity contribution in [2.75, 3.05) is 24.8 Å². The number of hydrogen-bond donors (Lipinski definition) is 3. The summed E-state index contributed by atoms with van der Waals surface area (Å²) in [7, 11) is 3.33. The molecule has 3 aromatic rings. The zero-order valence-electron chi connectivity index (χ0n) is 16.4. The number of Topliss-reactive ketones (excluding diaryl/α,β-unsaturated/α-hetero) is 1. The number of pyridine rings is 1. The zero-order chi connectivity index (χ0) is 20.4. The molecule has 0 spiro atoms. The van der Waals surface area contributed by atoms with Gasteiger partial charge in [0.2, 0.25) is 5.88 Å². The molecule has 0 bridgehead atoms. The zero-order valence-corrected chi connectivity index (χ0v) is 16.4. The van der Waals surface area contributed by atoms with Gasteiger partial charge >= 0.3 is 0 Å². The van der Waals surface area contributed by atoms with Crippen LogP contribution in [-0.4, -0.2) is 50.7 Å². The lowest BCUT2D eigenvalue weighted by Gasteiger charge is -2.13. The quantitative estimate of drug-likeness (QED) is 0.522. The monoisotopic (exact) mass is 396 g/mol. The van der Waals surface area contributed by atoms with E-state index in [2.05, 4.69) is 25.7 Å². The van der Waals surface area contributed by atoms with Gasteiger partial charge in [-0.2, -0.15) is 9.61 Å². The summed E-state index contributed by atoms with van der Waals surface area (Å²) in [6.45, 7) is 0. The largest absolute Gasteiger partial charge is 0.480 e. The van der Waals surface area contributed by atoms with Gasteiger partial charge in [-0.15, -0.1) is 0 Å². The topological polar surface area (TPSA) is 114 Å². The molecule has 3 heterocycles. The number of aromatic nitrogens is 4. The molecule has 29 heavy (non-hydrogen) atoms. The molecular weight excluding hydrogens is 372 g/mol. The van der Waals surface area contributed by atoms with Gasteiger partial charge in [-0.1, -0.05) is 6.42 Å². The number of anilines is 3. The van der Waals surface area contributed by atoms with Gasteiger partial charge in [0.1, 0.15) is 17.3 Å². The molecule has 3 N–H and O–H groups in total. The average molecular weight is 396 g/mol. The van der Waals surface area contributed by atoms with Crippen molar-refractivity contribution in [2.45, 2.75) is 31.8 Å². The van der Waals surface area contributed by atoms with Crippen molar-refractivity contribution in [1.29, 1.82) is 0 Å². The second-order valence-corrected chi connectivity index (χ2v) is 7.14. The summed E-state index contributed by atoms with van der Waals surface area (Å²) in [6.07, 6.45) is 5.66. The van der Waals surface area contributed by atoms with Crippen LogP contribution in [-0.2, 0) is 0 Å². The molecule has 4 rings (SSSR count). The minimum absolute atomic E-state index is 0.00202. The van der Waals surface area contributed by atoms with Crippen LogP contribution in [0.25, 0.3) is 5.65 Å². The minimum Gasteiger partial charge on any atom is -0.480 e. The van der Waals surface area contributed by atoms with Crippen LogP contribution >= 0.6 is 0 Å². The molecule has 3 aromatic heterocycles. The number of nitrogens with one attached hydrogen (secondary N) is 2. The molecule has 0 amide bonds. The van der Waals surface area contributed by atoms with E-state index in [0.29, 0.717) is 40.8 Å². The molecule has 1 aliphatic carbocycles. The van der Waals surface area contributed by atoms with Crippen molar-refractivity contribution in [3.8, 4) is 5.88 Å². The molecule has 0 saturated heterocycles. The van der Waals surface area contributed by atoms with E-state index in [-0.39, 0.29) is 11.7 Å². The van der Waals surface area contributed by atoms with Crippen LogP contribution in [0.3, 0.4) is 0 Å². The van der Waals surface area contributed by atoms with E-state index in [4.69, 9.17) is 4.74 Å². The first-order chi connectivity index (χ1) is 14.1. The Morgan fingerprint density at radius 1 is 1.41 bits per heavy atom. The summed E-state index contributed by atoms with van der Waals surface area (Å²) in [5, 5.41) is 20.7. The van der Waals surface area contributed by atoms with E-state index in [1.807, 2.05) is 6.07 Å². The number of fused-ring (bicyclic) bond motifs is 1. The first-order valence-electron chi connectivity index (χ1n) is 9.64. The van der Waals surface area contributed by atoms with Crippen LogP contribution in [0.1, 0.15) is 36.0 Å². The summed E-state index contributed by atoms with van der Waals surface area (Å²) in [5.74, 6) is 1.60. The van der Waals surface area contributed by atoms with Gasteiger partial charge in [0, 0.05) is 25.7 Å². The summed E-state index contributed by atoms with van der Waals surface area (Å²) in [5.41, 5.74) is 1.57. The number of carbonyl (C=O) groups is 1. The highest BCUT2D eigenvalue weighted by molar-refractivity contribution is 6.01. The predicted molar refractivity (Wildman–Crippen MR) is 109 cm³/mol. The van der Waals surface area contributed by atoms with Crippen LogP contribution in [0.15, 0.2) is 30.6 Å². The number of aliphatic hydroxyl groups is 1. The number of nitrogens with zero attached hydrogens (tertiary/aromatic N) is 4. The van der Waals surface area contributed by atoms with E-state index in [1.54, 1.807) is 43.2 Å². The third kappa shape index (κ3) is 3.73. The molecular formula is C20H24N6O3. The Labute approximate surface area is 168 Å². The number of aliphatic hydroxyl groups excluding tert-OH is 1. The lowest BCUT2D eigenvalue weighted by atomic mass is 9.96. The summed E-state index contributed by atoms with van der Waals surface area (Å²) >= 11 is 0. The Morgan fingerprint density at radius 2 is 2.28 bits per heavy atom. The molecule has 0 unspecified atom stereocenters. The van der Waals surface area contributed by atoms with Crippen molar-refractivity contribution < 1.29 is 14.6 Å². The van der Waals surface area contributed by atoms with Gasteiger partial charge in [-0.05, 0) is 30.9 Å². The average Bonchev–Trinajstić information content (AvgIpc) is 3.34. The number of carbonyl (C=O) groups excluding carboxylic acids is 1. The number of methoxy groups -OCH3 is 1. The van der Waals surface area contributed by atoms with Gasteiger partial charge in [-0.25, -0.2) is 9.97 Å². The molecule has 1 saturated carbocycles. The Bertz CT molecular complexity index is 1030. The van der Waals surface area contributed by atoms with Crippen molar-refractivity contribution in [3.63, 3.8) is 0 Å². The molecule has 1 aliphatic rings. The highest BCUT2D eigenvalue weighted by atomic mass is 16.5. The van der Waals surface area contributed by atoms with Crippen molar-refractivity contribution in [2.24, 2.45) is 5.92 Å². The smallest absolute Gasteiger partial charge is 0.237 e. The first-order valence-corrected chi connectivity index (χ1v) is 9.64. The molecule has 152 valence electrons. The summed E-state index contributed by atoms with van der Waals surface area (Å²) in [6, 6.07) is 5.42. The Balaban J connectivity index is 1.68. The fraction of sp³-hybridized carbons (Fsp3) is 0.400. The van der Waals surface area contributed by atoms with Crippen LogP contribution in [0.2, 0.25) is 0 Å². The second kappa shape index (κ2) is 8.04. The third-order valence-corrected chi connectivity index (χ3v) is 5.32. The van der Waals surface area contributed by atoms with Crippen molar-refractivity contribution in [3.05, 3.63) is 36.2 Å². The van der Waals surface area contributed by atoms with E-state index >= 15 is 0 Å². The normalized spacial score (nSPS) is 18.7. The lowest BCUT2D eigenvalue weighted by Crippen LogP contribution is -2.17. The first kappa shape index (κ1) is 19.1. The van der Waals surface area contributed by atoms with Gasteiger partial charge in [0.25, 0.3) is 0 Å². The molecule has 1 fully saturated rings. The standard InChI is InChI=1S/C20H24N6O3/c1-21-18-10-17(24-14-6-4-8-22-20(14)29-2)25-19-13(11-23-26(18)19)16(28)9-12-5-3-7-15(12)27/h4,6,8,10-12,15,21,27H,3,5,7,9H2,1-2H3,(H,24,25)/t12-,15+/m0/s1. The molecule has 0 radical (unpaired) electrons. The third-order valence-electron chi connectivity index (χ3n) is 5.32. The Morgan fingerprint density at radius 3 is 3.00 bits per heavy atom. The van der Waals surface area contributed by atoms with Gasteiger partial charge in [0.15, 0.2) is 11.4 Å². The summed E-state index contributed by atoms with van der Waals surface area (Å²) in [4.78, 5) is 21.7.